The highest BCUT2D eigenvalue weighted by Crippen LogP contribution is 2.60. The second-order valence-electron chi connectivity index (χ2n) is 7.42. The van der Waals surface area contributed by atoms with Gasteiger partial charge in [0.1, 0.15) is 6.04 Å². The Kier molecular flexibility index (Phi) is 2.73. The number of aliphatic hydroxyl groups is 1. The summed E-state index contributed by atoms with van der Waals surface area (Å²) in [6.45, 7) is 1.65. The van der Waals surface area contributed by atoms with E-state index in [0.717, 1.165) is 23.6 Å². The average Bonchev–Trinajstić information content (AvgIpc) is 2.86. The highest BCUT2D eigenvalue weighted by molar-refractivity contribution is 5.17. The van der Waals surface area contributed by atoms with Gasteiger partial charge in [-0.1, -0.05) is 5.16 Å². The van der Waals surface area contributed by atoms with E-state index in [1.165, 1.54) is 38.5 Å². The molecule has 1 aromatic heterocycles. The lowest BCUT2D eigenvalue weighted by Gasteiger charge is -2.55. The lowest BCUT2D eigenvalue weighted by molar-refractivity contribution is -0.0103. The van der Waals surface area contributed by atoms with Crippen LogP contribution >= 0.6 is 0 Å². The van der Waals surface area contributed by atoms with Crippen molar-refractivity contribution in [3.05, 3.63) is 11.7 Å². The zero-order valence-corrected chi connectivity index (χ0v) is 12.0. The second-order valence-corrected chi connectivity index (χ2v) is 7.42. The maximum absolute atomic E-state index is 9.56. The van der Waals surface area contributed by atoms with Crippen LogP contribution in [0.15, 0.2) is 4.52 Å². The Morgan fingerprint density at radius 1 is 1.20 bits per heavy atom. The molecule has 110 valence electrons. The van der Waals surface area contributed by atoms with Crippen LogP contribution < -0.4 is 5.73 Å². The van der Waals surface area contributed by atoms with Gasteiger partial charge in [-0.05, 0) is 63.2 Å². The van der Waals surface area contributed by atoms with Gasteiger partial charge in [0.25, 0.3) is 0 Å². The molecule has 0 amide bonds. The maximum atomic E-state index is 9.56. The van der Waals surface area contributed by atoms with Gasteiger partial charge >= 0.3 is 0 Å². The Morgan fingerprint density at radius 2 is 1.75 bits per heavy atom. The van der Waals surface area contributed by atoms with E-state index in [-0.39, 0.29) is 5.41 Å². The summed E-state index contributed by atoms with van der Waals surface area (Å²) >= 11 is 0. The molecular weight excluding hydrogens is 254 g/mol. The van der Waals surface area contributed by atoms with Gasteiger partial charge in [0.2, 0.25) is 5.89 Å². The molecule has 3 N–H and O–H groups in total. The molecule has 2 unspecified atom stereocenters. The van der Waals surface area contributed by atoms with Crippen molar-refractivity contribution in [3.8, 4) is 0 Å². The Balaban J connectivity index is 1.64. The van der Waals surface area contributed by atoms with Crippen LogP contribution in [0.25, 0.3) is 0 Å². The number of hydrogen-bond acceptors (Lipinski definition) is 5. The van der Waals surface area contributed by atoms with Crippen LogP contribution in [0.1, 0.15) is 63.2 Å². The van der Waals surface area contributed by atoms with Gasteiger partial charge in [0, 0.05) is 5.41 Å². The highest BCUT2D eigenvalue weighted by Gasteiger charge is 2.53. The molecule has 5 rings (SSSR count). The summed E-state index contributed by atoms with van der Waals surface area (Å²) in [5, 5.41) is 13.8. The van der Waals surface area contributed by atoms with E-state index in [0.29, 0.717) is 5.89 Å². The van der Waals surface area contributed by atoms with Crippen LogP contribution in [-0.2, 0) is 5.41 Å². The van der Waals surface area contributed by atoms with Crippen LogP contribution in [0, 0.1) is 17.8 Å². The Bertz CT molecular complexity index is 476. The predicted octanol–water partition coefficient (Wildman–Crippen LogP) is 1.92. The molecule has 4 fully saturated rings. The monoisotopic (exact) mass is 277 g/mol. The van der Waals surface area contributed by atoms with Crippen LogP contribution in [0.4, 0.5) is 0 Å². The van der Waals surface area contributed by atoms with Crippen LogP contribution in [0.2, 0.25) is 0 Å². The topological polar surface area (TPSA) is 85.2 Å². The van der Waals surface area contributed by atoms with E-state index in [1.807, 2.05) is 0 Å². The van der Waals surface area contributed by atoms with Crippen molar-refractivity contribution in [1.29, 1.82) is 0 Å². The van der Waals surface area contributed by atoms with Crippen molar-refractivity contribution >= 4 is 0 Å². The quantitative estimate of drug-likeness (QED) is 0.881. The molecule has 5 nitrogen and oxygen atoms in total. The fourth-order valence-corrected chi connectivity index (χ4v) is 5.18. The Hall–Kier alpha value is -0.940. The summed E-state index contributed by atoms with van der Waals surface area (Å²) in [7, 11) is 0. The molecule has 20 heavy (non-hydrogen) atoms. The van der Waals surface area contributed by atoms with Gasteiger partial charge in [-0.3, -0.25) is 0 Å². The molecule has 0 saturated heterocycles. The van der Waals surface area contributed by atoms with Gasteiger partial charge < -0.3 is 15.4 Å². The standard InChI is InChI=1S/C15H23N3O2/c1-8(19)12(16)13-17-14(18-20-13)15-5-9-2-10(6-15)4-11(3-9)7-15/h8-12,19H,2-7,16H2,1H3. The van der Waals surface area contributed by atoms with E-state index in [1.54, 1.807) is 6.92 Å². The first-order valence-electron chi connectivity index (χ1n) is 7.83. The summed E-state index contributed by atoms with van der Waals surface area (Å²) in [5.74, 6) is 3.80. The van der Waals surface area contributed by atoms with Gasteiger partial charge in [0.05, 0.1) is 6.10 Å². The first-order valence-corrected chi connectivity index (χ1v) is 7.83. The third kappa shape index (κ3) is 1.83. The van der Waals surface area contributed by atoms with E-state index in [4.69, 9.17) is 10.3 Å². The second kappa shape index (κ2) is 4.28. The SMILES string of the molecule is CC(O)C(N)c1nc(C23CC4CC(CC(C4)C2)C3)no1. The molecule has 4 aliphatic rings. The van der Waals surface area contributed by atoms with Gasteiger partial charge in [0.15, 0.2) is 5.82 Å². The number of hydrogen-bond donors (Lipinski definition) is 2. The highest BCUT2D eigenvalue weighted by atomic mass is 16.5. The molecule has 0 aliphatic heterocycles. The molecular formula is C15H23N3O2. The molecule has 0 spiro atoms. The molecule has 4 aliphatic carbocycles. The summed E-state index contributed by atoms with van der Waals surface area (Å²) in [6.07, 6.45) is 7.16. The molecule has 5 heteroatoms. The zero-order valence-electron chi connectivity index (χ0n) is 12.0. The minimum atomic E-state index is -0.667. The number of aromatic nitrogens is 2. The maximum Gasteiger partial charge on any atom is 0.246 e. The van der Waals surface area contributed by atoms with Gasteiger partial charge in [-0.15, -0.1) is 0 Å². The van der Waals surface area contributed by atoms with Crippen LogP contribution in [-0.4, -0.2) is 21.4 Å². The van der Waals surface area contributed by atoms with Crippen molar-refractivity contribution in [2.75, 3.05) is 0 Å². The fourth-order valence-electron chi connectivity index (χ4n) is 5.18. The Morgan fingerprint density at radius 3 is 2.25 bits per heavy atom. The number of nitrogens with zero attached hydrogens (tertiary/aromatic N) is 2. The third-order valence-electron chi connectivity index (χ3n) is 5.76. The van der Waals surface area contributed by atoms with E-state index in [2.05, 4.69) is 10.1 Å². The van der Waals surface area contributed by atoms with Gasteiger partial charge in [-0.2, -0.15) is 4.98 Å². The molecule has 1 heterocycles. The number of rotatable bonds is 3. The smallest absolute Gasteiger partial charge is 0.246 e. The van der Waals surface area contributed by atoms with Crippen LogP contribution in [0.5, 0.6) is 0 Å². The lowest BCUT2D eigenvalue weighted by atomic mass is 9.49. The third-order valence-corrected chi connectivity index (χ3v) is 5.76. The minimum Gasteiger partial charge on any atom is -0.391 e. The summed E-state index contributed by atoms with van der Waals surface area (Å²) in [5.41, 5.74) is 6.03. The fraction of sp³-hybridized carbons (Fsp3) is 0.867. The molecule has 1 aromatic rings. The number of nitrogens with two attached hydrogens (primary N) is 1. The van der Waals surface area contributed by atoms with Crippen molar-refractivity contribution in [2.45, 2.75) is 63.0 Å². The van der Waals surface area contributed by atoms with E-state index < -0.39 is 12.1 Å². The molecule has 0 radical (unpaired) electrons. The van der Waals surface area contributed by atoms with Crippen molar-refractivity contribution in [3.63, 3.8) is 0 Å². The Labute approximate surface area is 118 Å². The van der Waals surface area contributed by atoms with Crippen molar-refractivity contribution < 1.29 is 9.63 Å². The predicted molar refractivity (Wildman–Crippen MR) is 72.8 cm³/mol. The summed E-state index contributed by atoms with van der Waals surface area (Å²) in [4.78, 5) is 4.56. The van der Waals surface area contributed by atoms with Crippen molar-refractivity contribution in [2.24, 2.45) is 23.5 Å². The van der Waals surface area contributed by atoms with Crippen molar-refractivity contribution in [1.82, 2.24) is 10.1 Å². The van der Waals surface area contributed by atoms with Crippen LogP contribution in [0.3, 0.4) is 0 Å². The first-order chi connectivity index (χ1) is 9.56. The first kappa shape index (κ1) is 12.8. The molecule has 0 aromatic carbocycles. The summed E-state index contributed by atoms with van der Waals surface area (Å²) < 4.78 is 5.33. The number of aliphatic hydroxyl groups excluding tert-OH is 1. The van der Waals surface area contributed by atoms with E-state index >= 15 is 0 Å². The lowest BCUT2D eigenvalue weighted by Crippen LogP contribution is -2.49. The average molecular weight is 277 g/mol. The zero-order chi connectivity index (χ0) is 13.9. The normalized spacial score (nSPS) is 41.9. The molecule has 2 atom stereocenters. The largest absolute Gasteiger partial charge is 0.391 e. The molecule has 4 bridgehead atoms. The molecule has 4 saturated carbocycles. The minimum absolute atomic E-state index is 0.134. The van der Waals surface area contributed by atoms with E-state index in [9.17, 15) is 5.11 Å². The van der Waals surface area contributed by atoms with Gasteiger partial charge in [-0.25, -0.2) is 0 Å². The summed E-state index contributed by atoms with van der Waals surface area (Å²) in [6, 6.07) is -0.579.